The average Bonchev–Trinajstić information content (AvgIpc) is 2.50. The highest BCUT2D eigenvalue weighted by Crippen LogP contribution is 2.28. The van der Waals surface area contributed by atoms with Gasteiger partial charge in [-0.15, -0.1) is 11.3 Å². The fourth-order valence-corrected chi connectivity index (χ4v) is 2.03. The number of aliphatic hydroxyl groups excluding tert-OH is 1. The number of halogens is 1. The molecule has 0 aliphatic carbocycles. The van der Waals surface area contributed by atoms with Crippen LogP contribution >= 0.6 is 22.9 Å². The van der Waals surface area contributed by atoms with Crippen molar-refractivity contribution in [1.29, 1.82) is 0 Å². The highest BCUT2D eigenvalue weighted by atomic mass is 35.5. The summed E-state index contributed by atoms with van der Waals surface area (Å²) in [4.78, 5) is 10.7. The first-order chi connectivity index (χ1) is 6.61. The molecule has 0 amide bonds. The van der Waals surface area contributed by atoms with E-state index in [9.17, 15) is 9.90 Å². The van der Waals surface area contributed by atoms with E-state index in [1.54, 1.807) is 11.4 Å². The summed E-state index contributed by atoms with van der Waals surface area (Å²) in [6.07, 6.45) is -0.859. The van der Waals surface area contributed by atoms with Gasteiger partial charge in [-0.1, -0.05) is 11.6 Å². The van der Waals surface area contributed by atoms with E-state index in [4.69, 9.17) is 21.4 Å². The van der Waals surface area contributed by atoms with Crippen LogP contribution in [0.3, 0.4) is 0 Å². The van der Waals surface area contributed by atoms with Crippen LogP contribution in [0.1, 0.15) is 11.0 Å². The van der Waals surface area contributed by atoms with Crippen molar-refractivity contribution in [3.8, 4) is 0 Å². The van der Waals surface area contributed by atoms with Gasteiger partial charge in [0.25, 0.3) is 0 Å². The van der Waals surface area contributed by atoms with Crippen LogP contribution in [0.5, 0.6) is 0 Å². The number of carboxylic acids is 1. The zero-order valence-electron chi connectivity index (χ0n) is 7.14. The minimum atomic E-state index is -1.06. The van der Waals surface area contributed by atoms with Crippen molar-refractivity contribution in [2.45, 2.75) is 6.10 Å². The molecule has 0 spiro atoms. The summed E-state index contributed by atoms with van der Waals surface area (Å²) in [6.45, 7) is -0.480. The summed E-state index contributed by atoms with van der Waals surface area (Å²) in [5.41, 5.74) is 0. The van der Waals surface area contributed by atoms with Crippen LogP contribution in [-0.2, 0) is 9.53 Å². The molecule has 0 aliphatic rings. The number of ether oxygens (including phenoxy) is 1. The number of carbonyl (C=O) groups is 1. The minimum Gasteiger partial charge on any atom is -0.480 e. The molecule has 0 saturated carbocycles. The van der Waals surface area contributed by atoms with E-state index in [1.165, 1.54) is 11.3 Å². The first kappa shape index (κ1) is 11.5. The summed E-state index contributed by atoms with van der Waals surface area (Å²) in [5.74, 6) is -1.06. The molecule has 1 unspecified atom stereocenters. The van der Waals surface area contributed by atoms with Crippen LogP contribution in [0.15, 0.2) is 11.4 Å². The maximum absolute atomic E-state index is 10.1. The van der Waals surface area contributed by atoms with E-state index in [1.807, 2.05) is 0 Å². The fraction of sp³-hybridized carbons (Fsp3) is 0.375. The minimum absolute atomic E-state index is 0.0630. The van der Waals surface area contributed by atoms with Crippen molar-refractivity contribution in [3.05, 3.63) is 21.3 Å². The third-order valence-electron chi connectivity index (χ3n) is 1.45. The van der Waals surface area contributed by atoms with E-state index in [0.717, 1.165) is 0 Å². The molecular formula is C8H9ClO4S. The Bertz CT molecular complexity index is 312. The summed E-state index contributed by atoms with van der Waals surface area (Å²) in [5, 5.41) is 20.0. The lowest BCUT2D eigenvalue weighted by Crippen LogP contribution is -2.12. The van der Waals surface area contributed by atoms with E-state index in [0.29, 0.717) is 9.90 Å². The van der Waals surface area contributed by atoms with Crippen LogP contribution in [0.25, 0.3) is 0 Å². The summed E-state index contributed by atoms with van der Waals surface area (Å²) in [6, 6.07) is 1.67. The van der Waals surface area contributed by atoms with Gasteiger partial charge < -0.3 is 14.9 Å². The third-order valence-corrected chi connectivity index (χ3v) is 2.91. The molecule has 0 aliphatic heterocycles. The normalized spacial score (nSPS) is 12.7. The second kappa shape index (κ2) is 5.31. The zero-order chi connectivity index (χ0) is 10.6. The topological polar surface area (TPSA) is 66.8 Å². The van der Waals surface area contributed by atoms with Crippen molar-refractivity contribution in [2.75, 3.05) is 13.2 Å². The predicted molar refractivity (Wildman–Crippen MR) is 52.7 cm³/mol. The van der Waals surface area contributed by atoms with Crippen molar-refractivity contribution < 1.29 is 19.7 Å². The first-order valence-electron chi connectivity index (χ1n) is 3.81. The van der Waals surface area contributed by atoms with Gasteiger partial charge in [0.05, 0.1) is 16.5 Å². The highest BCUT2D eigenvalue weighted by molar-refractivity contribution is 7.10. The van der Waals surface area contributed by atoms with Gasteiger partial charge in [0.2, 0.25) is 0 Å². The van der Waals surface area contributed by atoms with Crippen molar-refractivity contribution >= 4 is 28.9 Å². The number of hydrogen-bond donors (Lipinski definition) is 2. The maximum atomic E-state index is 10.1. The lowest BCUT2D eigenvalue weighted by Gasteiger charge is -2.08. The van der Waals surface area contributed by atoms with Crippen molar-refractivity contribution in [1.82, 2.24) is 0 Å². The molecule has 0 radical (unpaired) electrons. The Hall–Kier alpha value is -0.620. The quantitative estimate of drug-likeness (QED) is 0.814. The lowest BCUT2D eigenvalue weighted by molar-refractivity contribution is -0.143. The summed E-state index contributed by atoms with van der Waals surface area (Å²) in [7, 11) is 0. The second-order valence-corrected chi connectivity index (χ2v) is 3.91. The van der Waals surface area contributed by atoms with Crippen LogP contribution in [0.4, 0.5) is 0 Å². The number of aliphatic hydroxyl groups is 1. The van der Waals surface area contributed by atoms with Gasteiger partial charge in [0.1, 0.15) is 12.7 Å². The Morgan fingerprint density at radius 1 is 1.71 bits per heavy atom. The van der Waals surface area contributed by atoms with Gasteiger partial charge in [-0.25, -0.2) is 4.79 Å². The van der Waals surface area contributed by atoms with Gasteiger partial charge >= 0.3 is 5.97 Å². The Morgan fingerprint density at radius 3 is 2.93 bits per heavy atom. The molecule has 78 valence electrons. The summed E-state index contributed by atoms with van der Waals surface area (Å²) >= 11 is 7.06. The van der Waals surface area contributed by atoms with Crippen molar-refractivity contribution in [2.24, 2.45) is 0 Å². The standard InChI is InChI=1S/C8H9ClO4S/c9-5-1-2-14-8(5)6(10)3-13-4-7(11)12/h1-2,6,10H,3-4H2,(H,11,12). The van der Waals surface area contributed by atoms with Gasteiger partial charge in [0.15, 0.2) is 0 Å². The molecule has 1 atom stereocenters. The molecule has 0 aromatic carbocycles. The molecule has 1 aromatic heterocycles. The van der Waals surface area contributed by atoms with Gasteiger partial charge in [-0.05, 0) is 11.4 Å². The highest BCUT2D eigenvalue weighted by Gasteiger charge is 2.13. The fourth-order valence-electron chi connectivity index (χ4n) is 0.877. The number of rotatable bonds is 5. The molecule has 1 rings (SSSR count). The first-order valence-corrected chi connectivity index (χ1v) is 5.07. The monoisotopic (exact) mass is 236 g/mol. The van der Waals surface area contributed by atoms with Crippen LogP contribution in [0, 0.1) is 0 Å². The molecule has 0 bridgehead atoms. The van der Waals surface area contributed by atoms with Crippen molar-refractivity contribution in [3.63, 3.8) is 0 Å². The number of carboxylic acid groups (broad SMARTS) is 1. The predicted octanol–water partition coefficient (Wildman–Crippen LogP) is 1.54. The van der Waals surface area contributed by atoms with Crippen LogP contribution < -0.4 is 0 Å². The number of aliphatic carboxylic acids is 1. The van der Waals surface area contributed by atoms with E-state index < -0.39 is 18.7 Å². The lowest BCUT2D eigenvalue weighted by atomic mass is 10.3. The van der Waals surface area contributed by atoms with Crippen LogP contribution in [-0.4, -0.2) is 29.4 Å². The molecule has 6 heteroatoms. The molecular weight excluding hydrogens is 228 g/mol. The van der Waals surface area contributed by atoms with Gasteiger partial charge in [0, 0.05) is 0 Å². The molecule has 14 heavy (non-hydrogen) atoms. The summed E-state index contributed by atoms with van der Waals surface area (Å²) < 4.78 is 4.73. The third kappa shape index (κ3) is 3.26. The van der Waals surface area contributed by atoms with E-state index in [-0.39, 0.29) is 6.61 Å². The Labute approximate surface area is 89.7 Å². The smallest absolute Gasteiger partial charge is 0.329 e. The Balaban J connectivity index is 2.39. The molecule has 4 nitrogen and oxygen atoms in total. The second-order valence-electron chi connectivity index (χ2n) is 2.56. The van der Waals surface area contributed by atoms with Gasteiger partial charge in [-0.2, -0.15) is 0 Å². The molecule has 0 fully saturated rings. The molecule has 1 aromatic rings. The molecule has 0 saturated heterocycles. The Kier molecular flexibility index (Phi) is 4.34. The number of thiophene rings is 1. The average molecular weight is 237 g/mol. The molecule has 2 N–H and O–H groups in total. The zero-order valence-corrected chi connectivity index (χ0v) is 8.72. The van der Waals surface area contributed by atoms with E-state index >= 15 is 0 Å². The maximum Gasteiger partial charge on any atom is 0.329 e. The number of hydrogen-bond acceptors (Lipinski definition) is 4. The largest absolute Gasteiger partial charge is 0.480 e. The van der Waals surface area contributed by atoms with E-state index in [2.05, 4.69) is 0 Å². The van der Waals surface area contributed by atoms with Crippen LogP contribution in [0.2, 0.25) is 5.02 Å². The van der Waals surface area contributed by atoms with Gasteiger partial charge in [-0.3, -0.25) is 0 Å². The SMILES string of the molecule is O=C(O)COCC(O)c1sccc1Cl. The Morgan fingerprint density at radius 2 is 2.43 bits per heavy atom. The molecule has 1 heterocycles.